The first-order valence-electron chi connectivity index (χ1n) is 9.23. The topological polar surface area (TPSA) is 116 Å². The molecule has 0 saturated heterocycles. The lowest BCUT2D eigenvalue weighted by Gasteiger charge is -2.19. The molecule has 0 spiro atoms. The van der Waals surface area contributed by atoms with Crippen molar-refractivity contribution in [1.82, 2.24) is 5.01 Å². The fourth-order valence-electron chi connectivity index (χ4n) is 2.95. The van der Waals surface area contributed by atoms with Gasteiger partial charge in [0.15, 0.2) is 5.84 Å². The molecular formula is C20H17BrN4O4S2. The molecule has 3 heterocycles. The Morgan fingerprint density at radius 1 is 1.23 bits per heavy atom. The van der Waals surface area contributed by atoms with Crippen molar-refractivity contribution in [2.24, 2.45) is 16.0 Å². The maximum Gasteiger partial charge on any atom is 0.283 e. The molecule has 1 aromatic carbocycles. The van der Waals surface area contributed by atoms with Crippen molar-refractivity contribution in [3.63, 3.8) is 0 Å². The summed E-state index contributed by atoms with van der Waals surface area (Å²) < 4.78 is 31.5. The Bertz CT molecular complexity index is 1270. The van der Waals surface area contributed by atoms with E-state index in [0.717, 1.165) is 26.8 Å². The number of fused-ring (bicyclic) bond motifs is 1. The highest BCUT2D eigenvalue weighted by molar-refractivity contribution is 9.10. The maximum absolute atomic E-state index is 12.5. The van der Waals surface area contributed by atoms with Crippen molar-refractivity contribution in [2.45, 2.75) is 13.8 Å². The van der Waals surface area contributed by atoms with Crippen LogP contribution in [0.15, 0.2) is 61.0 Å². The predicted molar refractivity (Wildman–Crippen MR) is 125 cm³/mol. The van der Waals surface area contributed by atoms with Crippen LogP contribution in [0.4, 0.5) is 0 Å². The Labute approximate surface area is 191 Å². The van der Waals surface area contributed by atoms with Crippen molar-refractivity contribution < 1.29 is 17.6 Å². The number of amidine groups is 2. The van der Waals surface area contributed by atoms with Crippen LogP contribution in [0.2, 0.25) is 0 Å². The maximum atomic E-state index is 12.5. The van der Waals surface area contributed by atoms with Crippen molar-refractivity contribution in [3.05, 3.63) is 52.2 Å². The summed E-state index contributed by atoms with van der Waals surface area (Å²) >= 11 is 4.17. The number of hydrogen-bond acceptors (Lipinski definition) is 7. The van der Waals surface area contributed by atoms with Crippen LogP contribution in [-0.4, -0.2) is 40.5 Å². The van der Waals surface area contributed by atoms with Crippen LogP contribution in [0, 0.1) is 11.3 Å². The molecule has 2 aliphatic heterocycles. The van der Waals surface area contributed by atoms with Crippen LogP contribution < -0.4 is 0 Å². The van der Waals surface area contributed by atoms with Crippen molar-refractivity contribution in [3.8, 4) is 11.3 Å². The SMILES string of the molecule is CC(C)CS(=O)(=O)C1=NN2C(=N)/C(=C\c3ccc(-c4ccc(Br)cc4)o3)C(=O)N=C2S1. The van der Waals surface area contributed by atoms with Gasteiger partial charge >= 0.3 is 0 Å². The second kappa shape index (κ2) is 8.21. The molecule has 0 fully saturated rings. The fraction of sp³-hybridized carbons (Fsp3) is 0.200. The van der Waals surface area contributed by atoms with Gasteiger partial charge in [-0.15, -0.1) is 5.10 Å². The number of carbonyl (C=O) groups is 1. The summed E-state index contributed by atoms with van der Waals surface area (Å²) in [5.41, 5.74) is 0.825. The summed E-state index contributed by atoms with van der Waals surface area (Å²) in [6.07, 6.45) is 1.41. The number of thioether (sulfide) groups is 1. The van der Waals surface area contributed by atoms with E-state index in [1.54, 1.807) is 26.0 Å². The van der Waals surface area contributed by atoms with Crippen LogP contribution in [0.25, 0.3) is 17.4 Å². The van der Waals surface area contributed by atoms with E-state index in [-0.39, 0.29) is 32.6 Å². The number of benzene rings is 1. The lowest BCUT2D eigenvalue weighted by Crippen LogP contribution is -2.35. The molecule has 4 rings (SSSR count). The third-order valence-corrected chi connectivity index (χ3v) is 8.26. The van der Waals surface area contributed by atoms with E-state index in [0.29, 0.717) is 11.5 Å². The zero-order valence-corrected chi connectivity index (χ0v) is 19.7. The Balaban J connectivity index is 1.62. The number of nitrogens with one attached hydrogen (secondary N) is 1. The first-order valence-corrected chi connectivity index (χ1v) is 12.5. The minimum atomic E-state index is -3.62. The number of carbonyl (C=O) groups excluding carboxylic acids is 1. The second-order valence-corrected chi connectivity index (χ2v) is 11.3. The van der Waals surface area contributed by atoms with Gasteiger partial charge in [-0.3, -0.25) is 10.2 Å². The van der Waals surface area contributed by atoms with E-state index in [1.165, 1.54) is 6.08 Å². The summed E-state index contributed by atoms with van der Waals surface area (Å²) in [6, 6.07) is 11.0. The van der Waals surface area contributed by atoms with E-state index >= 15 is 0 Å². The van der Waals surface area contributed by atoms with Gasteiger partial charge in [0.05, 0.1) is 11.3 Å². The lowest BCUT2D eigenvalue weighted by molar-refractivity contribution is -0.114. The van der Waals surface area contributed by atoms with Gasteiger partial charge in [-0.05, 0) is 48.0 Å². The Morgan fingerprint density at radius 2 is 1.94 bits per heavy atom. The molecule has 1 aromatic heterocycles. The van der Waals surface area contributed by atoms with E-state index < -0.39 is 15.7 Å². The quantitative estimate of drug-likeness (QED) is 0.598. The van der Waals surface area contributed by atoms with Gasteiger partial charge in [0.25, 0.3) is 5.91 Å². The fourth-order valence-corrected chi connectivity index (χ4v) is 6.00. The Hall–Kier alpha value is -2.50. The van der Waals surface area contributed by atoms with Gasteiger partial charge in [-0.1, -0.05) is 41.9 Å². The molecule has 160 valence electrons. The number of furan rings is 1. The minimum Gasteiger partial charge on any atom is -0.457 e. The van der Waals surface area contributed by atoms with Crippen LogP contribution in [0.1, 0.15) is 19.6 Å². The summed E-state index contributed by atoms with van der Waals surface area (Å²) in [5.74, 6) is -0.0803. The number of rotatable bonds is 4. The van der Waals surface area contributed by atoms with Crippen LogP contribution in [0.5, 0.6) is 0 Å². The first kappa shape index (κ1) is 21.7. The largest absolute Gasteiger partial charge is 0.457 e. The third kappa shape index (κ3) is 4.43. The summed E-state index contributed by atoms with van der Waals surface area (Å²) in [7, 11) is -3.62. The first-order chi connectivity index (χ1) is 14.6. The molecule has 0 unspecified atom stereocenters. The van der Waals surface area contributed by atoms with Gasteiger partial charge in [0.1, 0.15) is 11.5 Å². The molecule has 0 radical (unpaired) electrons. The van der Waals surface area contributed by atoms with E-state index in [1.807, 2.05) is 24.3 Å². The molecule has 31 heavy (non-hydrogen) atoms. The number of nitrogens with zero attached hydrogens (tertiary/aromatic N) is 3. The van der Waals surface area contributed by atoms with Gasteiger partial charge in [0, 0.05) is 10.0 Å². The normalized spacial score (nSPS) is 17.9. The zero-order valence-electron chi connectivity index (χ0n) is 16.5. The molecule has 2 aromatic rings. The monoisotopic (exact) mass is 520 g/mol. The zero-order chi connectivity index (χ0) is 22.3. The van der Waals surface area contributed by atoms with Gasteiger partial charge in [-0.25, -0.2) is 8.42 Å². The molecule has 0 saturated carbocycles. The number of aliphatic imine (C=N–C) groups is 1. The Kier molecular flexibility index (Phi) is 5.75. The average Bonchev–Trinajstić information content (AvgIpc) is 3.32. The smallest absolute Gasteiger partial charge is 0.283 e. The van der Waals surface area contributed by atoms with Crippen LogP contribution in [0.3, 0.4) is 0 Å². The highest BCUT2D eigenvalue weighted by Gasteiger charge is 2.39. The standard InChI is InChI=1S/C20H17BrN4O4S2/c1-11(2)10-31(27,28)20-24-25-17(22)15(18(26)23-19(25)30-20)9-14-7-8-16(29-14)12-3-5-13(21)6-4-12/h3-9,11,22H,10H2,1-2H3/b15-9+,22-17?. The molecule has 8 nitrogen and oxygen atoms in total. The highest BCUT2D eigenvalue weighted by Crippen LogP contribution is 2.31. The van der Waals surface area contributed by atoms with Gasteiger partial charge < -0.3 is 4.42 Å². The number of halogens is 1. The molecule has 1 amide bonds. The number of sulfone groups is 1. The lowest BCUT2D eigenvalue weighted by atomic mass is 10.1. The molecule has 0 aliphatic carbocycles. The van der Waals surface area contributed by atoms with E-state index in [2.05, 4.69) is 26.0 Å². The van der Waals surface area contributed by atoms with E-state index in [4.69, 9.17) is 9.83 Å². The number of hydrogen-bond donors (Lipinski definition) is 1. The summed E-state index contributed by atoms with van der Waals surface area (Å²) in [4.78, 5) is 16.4. The highest BCUT2D eigenvalue weighted by atomic mass is 79.9. The van der Waals surface area contributed by atoms with Gasteiger partial charge in [0.2, 0.25) is 19.4 Å². The molecule has 0 atom stereocenters. The van der Waals surface area contributed by atoms with Crippen molar-refractivity contribution in [2.75, 3.05) is 5.75 Å². The Morgan fingerprint density at radius 3 is 2.61 bits per heavy atom. The molecule has 0 bridgehead atoms. The summed E-state index contributed by atoms with van der Waals surface area (Å²) in [5, 5.41) is 13.6. The van der Waals surface area contributed by atoms with Crippen LogP contribution in [-0.2, 0) is 14.6 Å². The molecule has 2 aliphatic rings. The number of hydrazone groups is 1. The average molecular weight is 521 g/mol. The number of amides is 1. The molecular weight excluding hydrogens is 504 g/mol. The minimum absolute atomic E-state index is 0.0349. The van der Waals surface area contributed by atoms with E-state index in [9.17, 15) is 13.2 Å². The predicted octanol–water partition coefficient (Wildman–Crippen LogP) is 4.36. The third-order valence-electron chi connectivity index (χ3n) is 4.30. The second-order valence-electron chi connectivity index (χ2n) is 7.27. The van der Waals surface area contributed by atoms with Gasteiger partial charge in [-0.2, -0.15) is 10.0 Å². The van der Waals surface area contributed by atoms with Crippen LogP contribution >= 0.6 is 27.7 Å². The molecule has 11 heteroatoms. The molecule has 1 N–H and O–H groups in total. The summed E-state index contributed by atoms with van der Waals surface area (Å²) in [6.45, 7) is 3.59. The van der Waals surface area contributed by atoms with Crippen molar-refractivity contribution >= 4 is 64.9 Å². The van der Waals surface area contributed by atoms with Crippen molar-refractivity contribution in [1.29, 1.82) is 5.41 Å².